The lowest BCUT2D eigenvalue weighted by Crippen LogP contribution is -2.34. The minimum absolute atomic E-state index is 0.328. The SMILES string of the molecule is OC(COCc1ccccc1)CN(Cc1ccccc1)Cc1ccccc1. The molecule has 0 spiro atoms. The van der Waals surface area contributed by atoms with Crippen LogP contribution in [0.1, 0.15) is 16.7 Å². The van der Waals surface area contributed by atoms with E-state index in [-0.39, 0.29) is 0 Å². The summed E-state index contributed by atoms with van der Waals surface area (Å²) in [4.78, 5) is 2.27. The fourth-order valence-electron chi connectivity index (χ4n) is 3.11. The van der Waals surface area contributed by atoms with Gasteiger partial charge in [0.15, 0.2) is 0 Å². The van der Waals surface area contributed by atoms with Crippen molar-refractivity contribution in [1.82, 2.24) is 4.90 Å². The molecule has 0 bridgehead atoms. The lowest BCUT2D eigenvalue weighted by atomic mass is 10.1. The van der Waals surface area contributed by atoms with Gasteiger partial charge in [0.05, 0.1) is 19.3 Å². The summed E-state index contributed by atoms with van der Waals surface area (Å²) in [6.07, 6.45) is -0.527. The first kappa shape index (κ1) is 19.3. The van der Waals surface area contributed by atoms with E-state index in [2.05, 4.69) is 53.4 Å². The minimum atomic E-state index is -0.527. The molecule has 0 fully saturated rings. The van der Waals surface area contributed by atoms with Gasteiger partial charge in [0.25, 0.3) is 0 Å². The maximum absolute atomic E-state index is 10.5. The van der Waals surface area contributed by atoms with Crippen LogP contribution < -0.4 is 0 Å². The second-order valence-corrected chi connectivity index (χ2v) is 6.80. The summed E-state index contributed by atoms with van der Waals surface area (Å²) in [6.45, 7) is 3.01. The van der Waals surface area contributed by atoms with Gasteiger partial charge in [-0.05, 0) is 16.7 Å². The number of hydrogen-bond donors (Lipinski definition) is 1. The molecule has 0 saturated heterocycles. The Morgan fingerprint density at radius 3 is 1.59 bits per heavy atom. The van der Waals surface area contributed by atoms with Crippen molar-refractivity contribution in [3.63, 3.8) is 0 Å². The summed E-state index contributed by atoms with van der Waals surface area (Å²) in [7, 11) is 0. The van der Waals surface area contributed by atoms with Crippen molar-refractivity contribution in [2.45, 2.75) is 25.8 Å². The van der Waals surface area contributed by atoms with E-state index in [4.69, 9.17) is 4.74 Å². The molecule has 3 rings (SSSR count). The molecular formula is C24H27NO2. The molecule has 1 atom stereocenters. The standard InChI is InChI=1S/C24H27NO2/c26-24(20-27-19-23-14-8-3-9-15-23)18-25(16-21-10-4-1-5-11-21)17-22-12-6-2-7-13-22/h1-15,24,26H,16-20H2. The molecule has 0 amide bonds. The zero-order valence-corrected chi connectivity index (χ0v) is 15.6. The number of aliphatic hydroxyl groups excluding tert-OH is 1. The van der Waals surface area contributed by atoms with Crippen LogP contribution in [0.3, 0.4) is 0 Å². The summed E-state index contributed by atoms with van der Waals surface area (Å²) in [6, 6.07) is 30.8. The Morgan fingerprint density at radius 1 is 0.667 bits per heavy atom. The molecule has 1 N–H and O–H groups in total. The van der Waals surface area contributed by atoms with Crippen molar-refractivity contribution in [3.05, 3.63) is 108 Å². The Bertz CT molecular complexity index is 721. The lowest BCUT2D eigenvalue weighted by Gasteiger charge is -2.25. The number of rotatable bonds is 10. The molecule has 0 aromatic heterocycles. The molecule has 27 heavy (non-hydrogen) atoms. The van der Waals surface area contributed by atoms with Gasteiger partial charge in [0.2, 0.25) is 0 Å². The fraction of sp³-hybridized carbons (Fsp3) is 0.250. The smallest absolute Gasteiger partial charge is 0.0900 e. The highest BCUT2D eigenvalue weighted by Gasteiger charge is 2.13. The average Bonchev–Trinajstić information content (AvgIpc) is 2.70. The monoisotopic (exact) mass is 361 g/mol. The summed E-state index contributed by atoms with van der Waals surface area (Å²) in [5, 5.41) is 10.5. The van der Waals surface area contributed by atoms with Gasteiger partial charge in [-0.1, -0.05) is 91.0 Å². The van der Waals surface area contributed by atoms with Gasteiger partial charge in [0, 0.05) is 19.6 Å². The first-order valence-corrected chi connectivity index (χ1v) is 9.39. The molecular weight excluding hydrogens is 334 g/mol. The third-order valence-electron chi connectivity index (χ3n) is 4.39. The van der Waals surface area contributed by atoms with Gasteiger partial charge in [-0.15, -0.1) is 0 Å². The van der Waals surface area contributed by atoms with Gasteiger partial charge in [-0.2, -0.15) is 0 Å². The van der Waals surface area contributed by atoms with Crippen LogP contribution in [-0.4, -0.2) is 29.3 Å². The Balaban J connectivity index is 1.54. The Hall–Kier alpha value is -2.46. The van der Waals surface area contributed by atoms with E-state index < -0.39 is 6.10 Å². The van der Waals surface area contributed by atoms with E-state index in [0.717, 1.165) is 18.7 Å². The second kappa shape index (κ2) is 10.6. The van der Waals surface area contributed by atoms with Crippen molar-refractivity contribution >= 4 is 0 Å². The molecule has 0 radical (unpaired) electrons. The van der Waals surface area contributed by atoms with E-state index in [0.29, 0.717) is 19.8 Å². The Labute approximate surface area is 161 Å². The molecule has 0 saturated carbocycles. The molecule has 0 aliphatic carbocycles. The van der Waals surface area contributed by atoms with Gasteiger partial charge in [-0.25, -0.2) is 0 Å². The summed E-state index contributed by atoms with van der Waals surface area (Å²) in [5.41, 5.74) is 3.60. The largest absolute Gasteiger partial charge is 0.389 e. The van der Waals surface area contributed by atoms with Crippen molar-refractivity contribution in [1.29, 1.82) is 0 Å². The maximum Gasteiger partial charge on any atom is 0.0900 e. The van der Waals surface area contributed by atoms with Crippen LogP contribution in [-0.2, 0) is 24.4 Å². The molecule has 1 unspecified atom stereocenters. The Morgan fingerprint density at radius 2 is 1.11 bits per heavy atom. The normalized spacial score (nSPS) is 12.2. The van der Waals surface area contributed by atoms with Crippen molar-refractivity contribution in [3.8, 4) is 0 Å². The van der Waals surface area contributed by atoms with E-state index in [9.17, 15) is 5.11 Å². The van der Waals surface area contributed by atoms with E-state index in [1.165, 1.54) is 11.1 Å². The Kier molecular flexibility index (Phi) is 7.60. The van der Waals surface area contributed by atoms with E-state index in [1.807, 2.05) is 42.5 Å². The van der Waals surface area contributed by atoms with Gasteiger partial charge >= 0.3 is 0 Å². The predicted octanol–water partition coefficient (Wildman–Crippen LogP) is 4.27. The van der Waals surface area contributed by atoms with Crippen molar-refractivity contribution in [2.24, 2.45) is 0 Å². The highest BCUT2D eigenvalue weighted by atomic mass is 16.5. The molecule has 140 valence electrons. The van der Waals surface area contributed by atoms with E-state index in [1.54, 1.807) is 0 Å². The number of hydrogen-bond acceptors (Lipinski definition) is 3. The molecule has 3 aromatic carbocycles. The topological polar surface area (TPSA) is 32.7 Å². The van der Waals surface area contributed by atoms with Gasteiger partial charge in [-0.3, -0.25) is 4.90 Å². The second-order valence-electron chi connectivity index (χ2n) is 6.80. The number of aliphatic hydroxyl groups is 1. The molecule has 0 aliphatic heterocycles. The zero-order valence-electron chi connectivity index (χ0n) is 15.6. The molecule has 3 aromatic rings. The van der Waals surface area contributed by atoms with Crippen molar-refractivity contribution < 1.29 is 9.84 Å². The predicted molar refractivity (Wildman–Crippen MR) is 109 cm³/mol. The van der Waals surface area contributed by atoms with Crippen LogP contribution in [0.4, 0.5) is 0 Å². The molecule has 0 aliphatic rings. The van der Waals surface area contributed by atoms with Crippen LogP contribution in [0.5, 0.6) is 0 Å². The van der Waals surface area contributed by atoms with Crippen LogP contribution in [0, 0.1) is 0 Å². The molecule has 3 nitrogen and oxygen atoms in total. The molecule has 3 heteroatoms. The van der Waals surface area contributed by atoms with Crippen LogP contribution >= 0.6 is 0 Å². The van der Waals surface area contributed by atoms with Gasteiger partial charge in [0.1, 0.15) is 0 Å². The third-order valence-corrected chi connectivity index (χ3v) is 4.39. The number of nitrogens with zero attached hydrogens (tertiary/aromatic N) is 1. The first-order chi connectivity index (χ1) is 13.3. The average molecular weight is 361 g/mol. The van der Waals surface area contributed by atoms with Crippen LogP contribution in [0.2, 0.25) is 0 Å². The first-order valence-electron chi connectivity index (χ1n) is 9.39. The fourth-order valence-corrected chi connectivity index (χ4v) is 3.11. The zero-order chi connectivity index (χ0) is 18.7. The van der Waals surface area contributed by atoms with E-state index >= 15 is 0 Å². The van der Waals surface area contributed by atoms with Crippen LogP contribution in [0.15, 0.2) is 91.0 Å². The minimum Gasteiger partial charge on any atom is -0.389 e. The lowest BCUT2D eigenvalue weighted by molar-refractivity contribution is 0.00713. The van der Waals surface area contributed by atoms with Crippen molar-refractivity contribution in [2.75, 3.05) is 13.2 Å². The number of benzene rings is 3. The maximum atomic E-state index is 10.5. The highest BCUT2D eigenvalue weighted by Crippen LogP contribution is 2.11. The summed E-state index contributed by atoms with van der Waals surface area (Å²) < 4.78 is 5.71. The summed E-state index contributed by atoms with van der Waals surface area (Å²) in [5.74, 6) is 0. The van der Waals surface area contributed by atoms with Gasteiger partial charge < -0.3 is 9.84 Å². The van der Waals surface area contributed by atoms with Crippen LogP contribution in [0.25, 0.3) is 0 Å². The quantitative estimate of drug-likeness (QED) is 0.585. The summed E-state index contributed by atoms with van der Waals surface area (Å²) >= 11 is 0. The third kappa shape index (κ3) is 6.99. The molecule has 0 heterocycles. The highest BCUT2D eigenvalue weighted by molar-refractivity contribution is 5.17. The number of ether oxygens (including phenoxy) is 1.